The molecule has 122 valence electrons. The third kappa shape index (κ3) is 6.93. The highest BCUT2D eigenvalue weighted by molar-refractivity contribution is 5.76. The van der Waals surface area contributed by atoms with Gasteiger partial charge in [0.05, 0.1) is 26.2 Å². The Bertz CT molecular complexity index is 362. The molecule has 0 N–H and O–H groups in total. The van der Waals surface area contributed by atoms with Crippen LogP contribution < -0.4 is 0 Å². The van der Waals surface area contributed by atoms with Gasteiger partial charge < -0.3 is 14.4 Å². The molecule has 0 radical (unpaired) electrons. The number of carbonyl (C=O) groups is 2. The first kappa shape index (κ1) is 18.0. The first-order valence-electron chi connectivity index (χ1n) is 7.67. The van der Waals surface area contributed by atoms with E-state index in [4.69, 9.17) is 4.74 Å². The predicted molar refractivity (Wildman–Crippen MR) is 80.8 cm³/mol. The summed E-state index contributed by atoms with van der Waals surface area (Å²) in [6, 6.07) is 0. The maximum atomic E-state index is 12.3. The minimum absolute atomic E-state index is 0.157. The second-order valence-corrected chi connectivity index (χ2v) is 7.19. The molecule has 0 aromatic rings. The van der Waals surface area contributed by atoms with Crippen LogP contribution in [0.1, 0.15) is 47.0 Å². The Labute approximate surface area is 128 Å². The van der Waals surface area contributed by atoms with Crippen molar-refractivity contribution in [2.24, 2.45) is 11.3 Å². The lowest BCUT2D eigenvalue weighted by Crippen LogP contribution is -2.46. The van der Waals surface area contributed by atoms with Crippen LogP contribution in [0.2, 0.25) is 0 Å². The summed E-state index contributed by atoms with van der Waals surface area (Å²) in [6.07, 6.45) is 1.54. The quantitative estimate of drug-likeness (QED) is 0.731. The number of rotatable bonds is 5. The smallest absolute Gasteiger partial charge is 0.308 e. The number of morpholine rings is 1. The molecule has 0 saturated carbocycles. The SMILES string of the molecule is COC(=O)CC1CN(C(=O)CC(C)CC(C)(C)C)CCO1. The molecule has 1 fully saturated rings. The molecule has 21 heavy (non-hydrogen) atoms. The van der Waals surface area contributed by atoms with E-state index in [-0.39, 0.29) is 29.8 Å². The van der Waals surface area contributed by atoms with Crippen molar-refractivity contribution in [2.75, 3.05) is 26.8 Å². The van der Waals surface area contributed by atoms with Crippen LogP contribution in [0.3, 0.4) is 0 Å². The van der Waals surface area contributed by atoms with Gasteiger partial charge in [-0.25, -0.2) is 0 Å². The monoisotopic (exact) mass is 299 g/mol. The Morgan fingerprint density at radius 1 is 1.38 bits per heavy atom. The van der Waals surface area contributed by atoms with Gasteiger partial charge in [0, 0.05) is 19.5 Å². The summed E-state index contributed by atoms with van der Waals surface area (Å²) in [5.74, 6) is 0.222. The van der Waals surface area contributed by atoms with Gasteiger partial charge >= 0.3 is 5.97 Å². The molecule has 0 spiro atoms. The topological polar surface area (TPSA) is 55.8 Å². The Kier molecular flexibility index (Phi) is 6.65. The van der Waals surface area contributed by atoms with Crippen LogP contribution in [0, 0.1) is 11.3 Å². The summed E-state index contributed by atoms with van der Waals surface area (Å²) >= 11 is 0. The lowest BCUT2D eigenvalue weighted by Gasteiger charge is -2.33. The fourth-order valence-electron chi connectivity index (χ4n) is 2.88. The molecule has 0 aromatic carbocycles. The third-order valence-electron chi connectivity index (χ3n) is 3.60. The van der Waals surface area contributed by atoms with Crippen LogP contribution in [0.4, 0.5) is 0 Å². The Morgan fingerprint density at radius 2 is 2.05 bits per heavy atom. The zero-order valence-corrected chi connectivity index (χ0v) is 14.0. The maximum absolute atomic E-state index is 12.3. The lowest BCUT2D eigenvalue weighted by atomic mass is 9.84. The second-order valence-electron chi connectivity index (χ2n) is 7.19. The number of hydrogen-bond donors (Lipinski definition) is 0. The average molecular weight is 299 g/mol. The van der Waals surface area contributed by atoms with E-state index in [0.717, 1.165) is 6.42 Å². The zero-order chi connectivity index (χ0) is 16.0. The summed E-state index contributed by atoms with van der Waals surface area (Å²) in [7, 11) is 1.36. The van der Waals surface area contributed by atoms with Crippen LogP contribution >= 0.6 is 0 Å². The lowest BCUT2D eigenvalue weighted by molar-refractivity contribution is -0.150. The largest absolute Gasteiger partial charge is 0.469 e. The minimum atomic E-state index is -0.296. The molecule has 5 nitrogen and oxygen atoms in total. The average Bonchev–Trinajstić information content (AvgIpc) is 2.36. The van der Waals surface area contributed by atoms with Gasteiger partial charge in [0.2, 0.25) is 5.91 Å². The minimum Gasteiger partial charge on any atom is -0.469 e. The molecule has 1 amide bonds. The number of amides is 1. The van der Waals surface area contributed by atoms with Gasteiger partial charge in [-0.3, -0.25) is 9.59 Å². The van der Waals surface area contributed by atoms with Gasteiger partial charge in [-0.05, 0) is 17.8 Å². The van der Waals surface area contributed by atoms with Gasteiger partial charge in [-0.2, -0.15) is 0 Å². The molecule has 1 aliphatic heterocycles. The van der Waals surface area contributed by atoms with Crippen molar-refractivity contribution in [3.8, 4) is 0 Å². The highest BCUT2D eigenvalue weighted by Crippen LogP contribution is 2.26. The zero-order valence-electron chi connectivity index (χ0n) is 14.0. The molecule has 0 aliphatic carbocycles. The molecular weight excluding hydrogens is 270 g/mol. The number of hydrogen-bond acceptors (Lipinski definition) is 4. The van der Waals surface area contributed by atoms with Crippen LogP contribution in [0.25, 0.3) is 0 Å². The van der Waals surface area contributed by atoms with Gasteiger partial charge in [0.25, 0.3) is 0 Å². The molecule has 1 aliphatic rings. The summed E-state index contributed by atoms with van der Waals surface area (Å²) in [4.78, 5) is 25.5. The van der Waals surface area contributed by atoms with Gasteiger partial charge in [0.1, 0.15) is 0 Å². The van der Waals surface area contributed by atoms with E-state index in [1.807, 2.05) is 4.90 Å². The molecule has 2 atom stereocenters. The van der Waals surface area contributed by atoms with Gasteiger partial charge in [-0.15, -0.1) is 0 Å². The Balaban J connectivity index is 2.44. The summed E-state index contributed by atoms with van der Waals surface area (Å²) in [5.41, 5.74) is 0.234. The Morgan fingerprint density at radius 3 is 2.62 bits per heavy atom. The van der Waals surface area contributed by atoms with Crippen LogP contribution in [-0.4, -0.2) is 49.7 Å². The van der Waals surface area contributed by atoms with Crippen molar-refractivity contribution >= 4 is 11.9 Å². The number of esters is 1. The van der Waals surface area contributed by atoms with E-state index < -0.39 is 0 Å². The van der Waals surface area contributed by atoms with Crippen molar-refractivity contribution in [1.29, 1.82) is 0 Å². The van der Waals surface area contributed by atoms with Crippen molar-refractivity contribution in [3.05, 3.63) is 0 Å². The summed E-state index contributed by atoms with van der Waals surface area (Å²) in [5, 5.41) is 0. The van der Waals surface area contributed by atoms with E-state index in [9.17, 15) is 9.59 Å². The van der Waals surface area contributed by atoms with Gasteiger partial charge in [-0.1, -0.05) is 27.7 Å². The standard InChI is InChI=1S/C16H29NO4/c1-12(10-16(2,3)4)8-14(18)17-6-7-21-13(11-17)9-15(19)20-5/h12-13H,6-11H2,1-5H3. The fraction of sp³-hybridized carbons (Fsp3) is 0.875. The highest BCUT2D eigenvalue weighted by Gasteiger charge is 2.27. The van der Waals surface area contributed by atoms with Gasteiger partial charge in [0.15, 0.2) is 0 Å². The first-order chi connectivity index (χ1) is 9.71. The molecule has 0 bridgehead atoms. The van der Waals surface area contributed by atoms with Crippen LogP contribution in [-0.2, 0) is 19.1 Å². The molecule has 1 heterocycles. The molecule has 1 saturated heterocycles. The molecular formula is C16H29NO4. The second kappa shape index (κ2) is 7.78. The molecule has 0 aromatic heterocycles. The predicted octanol–water partition coefficient (Wildman–Crippen LogP) is 2.24. The van der Waals surface area contributed by atoms with Crippen LogP contribution in [0.5, 0.6) is 0 Å². The third-order valence-corrected chi connectivity index (χ3v) is 3.60. The molecule has 2 unspecified atom stereocenters. The number of methoxy groups -OCH3 is 1. The first-order valence-corrected chi connectivity index (χ1v) is 7.67. The number of ether oxygens (including phenoxy) is 2. The number of nitrogens with zero attached hydrogens (tertiary/aromatic N) is 1. The maximum Gasteiger partial charge on any atom is 0.308 e. The van der Waals surface area contributed by atoms with E-state index >= 15 is 0 Å². The normalized spacial score (nSPS) is 21.0. The van der Waals surface area contributed by atoms with Crippen molar-refractivity contribution < 1.29 is 19.1 Å². The van der Waals surface area contributed by atoms with E-state index in [1.54, 1.807) is 0 Å². The fourth-order valence-corrected chi connectivity index (χ4v) is 2.88. The Hall–Kier alpha value is -1.10. The summed E-state index contributed by atoms with van der Waals surface area (Å²) in [6.45, 7) is 10.3. The molecule has 5 heteroatoms. The van der Waals surface area contributed by atoms with Crippen molar-refractivity contribution in [1.82, 2.24) is 4.90 Å². The van der Waals surface area contributed by atoms with E-state index in [1.165, 1.54) is 7.11 Å². The highest BCUT2D eigenvalue weighted by atomic mass is 16.5. The van der Waals surface area contributed by atoms with Crippen molar-refractivity contribution in [3.63, 3.8) is 0 Å². The van der Waals surface area contributed by atoms with Crippen molar-refractivity contribution in [2.45, 2.75) is 53.1 Å². The van der Waals surface area contributed by atoms with Crippen LogP contribution in [0.15, 0.2) is 0 Å². The summed E-state index contributed by atoms with van der Waals surface area (Å²) < 4.78 is 10.2. The van der Waals surface area contributed by atoms with E-state index in [0.29, 0.717) is 32.0 Å². The number of carbonyl (C=O) groups excluding carboxylic acids is 2. The van der Waals surface area contributed by atoms with E-state index in [2.05, 4.69) is 32.4 Å². The molecule has 1 rings (SSSR count).